The Balaban J connectivity index is 0.00000408. The number of nitrogens with zero attached hydrogens (tertiary/aromatic N) is 3. The van der Waals surface area contributed by atoms with Crippen molar-refractivity contribution in [2.45, 2.75) is 52.7 Å². The molecule has 1 heterocycles. The summed E-state index contributed by atoms with van der Waals surface area (Å²) >= 11 is 0. The van der Waals surface area contributed by atoms with Crippen molar-refractivity contribution in [2.75, 3.05) is 32.7 Å². The van der Waals surface area contributed by atoms with Gasteiger partial charge >= 0.3 is 0 Å². The van der Waals surface area contributed by atoms with E-state index in [2.05, 4.69) is 52.8 Å². The van der Waals surface area contributed by atoms with Crippen LogP contribution in [0.5, 0.6) is 0 Å². The molecule has 2 aromatic rings. The smallest absolute Gasteiger partial charge is 0.253 e. The van der Waals surface area contributed by atoms with Crippen molar-refractivity contribution in [3.05, 3.63) is 71.3 Å². The second-order valence-corrected chi connectivity index (χ2v) is 8.50. The number of hydrogen-bond acceptors (Lipinski definition) is 3. The first-order chi connectivity index (χ1) is 16.1. The first-order valence-electron chi connectivity index (χ1n) is 12.3. The van der Waals surface area contributed by atoms with Crippen molar-refractivity contribution >= 4 is 35.8 Å². The second kappa shape index (κ2) is 15.0. The predicted octanol–water partition coefficient (Wildman–Crippen LogP) is 4.51. The summed E-state index contributed by atoms with van der Waals surface area (Å²) < 4.78 is 0. The zero-order valence-corrected chi connectivity index (χ0v) is 23.1. The van der Waals surface area contributed by atoms with Gasteiger partial charge in [0.05, 0.1) is 6.54 Å². The number of amides is 1. The lowest BCUT2D eigenvalue weighted by Gasteiger charge is -2.25. The quantitative estimate of drug-likeness (QED) is 0.248. The molecule has 7 heteroatoms. The Hall–Kier alpha value is -2.13. The van der Waals surface area contributed by atoms with E-state index in [1.54, 1.807) is 0 Å². The molecule has 6 nitrogen and oxygen atoms in total. The first kappa shape index (κ1) is 28.1. The summed E-state index contributed by atoms with van der Waals surface area (Å²) in [6.45, 7) is 12.0. The Labute approximate surface area is 222 Å². The van der Waals surface area contributed by atoms with Gasteiger partial charge in [-0.2, -0.15) is 0 Å². The Morgan fingerprint density at radius 2 is 1.71 bits per heavy atom. The maximum absolute atomic E-state index is 12.5. The highest BCUT2D eigenvalue weighted by Crippen LogP contribution is 2.19. The fourth-order valence-electron chi connectivity index (χ4n) is 4.33. The van der Waals surface area contributed by atoms with Crippen molar-refractivity contribution in [1.29, 1.82) is 0 Å². The predicted molar refractivity (Wildman–Crippen MR) is 152 cm³/mol. The average molecular weight is 578 g/mol. The van der Waals surface area contributed by atoms with Crippen LogP contribution in [-0.4, -0.2) is 60.4 Å². The number of hydrogen-bond donors (Lipinski definition) is 2. The molecule has 0 aliphatic carbocycles. The molecule has 1 amide bonds. The number of aliphatic imine (C=N–C) groups is 1. The van der Waals surface area contributed by atoms with Crippen LogP contribution < -0.4 is 10.6 Å². The van der Waals surface area contributed by atoms with Gasteiger partial charge < -0.3 is 15.5 Å². The Morgan fingerprint density at radius 1 is 1.00 bits per heavy atom. The highest BCUT2D eigenvalue weighted by molar-refractivity contribution is 14.0. The summed E-state index contributed by atoms with van der Waals surface area (Å²) in [6, 6.07) is 19.0. The van der Waals surface area contributed by atoms with Gasteiger partial charge in [0.1, 0.15) is 0 Å². The molecule has 186 valence electrons. The Bertz CT molecular complexity index is 884. The third-order valence-corrected chi connectivity index (χ3v) is 6.25. The Morgan fingerprint density at radius 3 is 2.35 bits per heavy atom. The number of rotatable bonds is 10. The van der Waals surface area contributed by atoms with Gasteiger partial charge in [0.15, 0.2) is 5.96 Å². The van der Waals surface area contributed by atoms with Gasteiger partial charge in [-0.3, -0.25) is 9.69 Å². The van der Waals surface area contributed by atoms with Crippen LogP contribution in [0, 0.1) is 0 Å². The average Bonchev–Trinajstić information content (AvgIpc) is 3.29. The van der Waals surface area contributed by atoms with Crippen LogP contribution in [0.4, 0.5) is 0 Å². The van der Waals surface area contributed by atoms with Crippen molar-refractivity contribution in [3.8, 4) is 0 Å². The number of benzene rings is 2. The minimum atomic E-state index is 0. The minimum Gasteiger partial charge on any atom is -0.357 e. The summed E-state index contributed by atoms with van der Waals surface area (Å²) in [4.78, 5) is 21.7. The van der Waals surface area contributed by atoms with Gasteiger partial charge in [-0.05, 0) is 63.4 Å². The van der Waals surface area contributed by atoms with Crippen LogP contribution >= 0.6 is 24.0 Å². The van der Waals surface area contributed by atoms with Crippen LogP contribution in [0.2, 0.25) is 0 Å². The molecule has 1 atom stereocenters. The zero-order valence-electron chi connectivity index (χ0n) is 20.8. The molecule has 0 saturated carbocycles. The van der Waals surface area contributed by atoms with Crippen LogP contribution in [0.3, 0.4) is 0 Å². The summed E-state index contributed by atoms with van der Waals surface area (Å²) in [6.07, 6.45) is 2.45. The standard InChI is InChI=1S/C27H39N5O.HI/c1-4-28-27(29-19-22-14-16-24(17-15-22)26(33)31(5-2)6-3)30-20-25-13-10-18-32(25)21-23-11-8-7-9-12-23;/h7-9,11-12,14-17,25H,4-6,10,13,18-21H2,1-3H3,(H2,28,29,30);1H. The maximum Gasteiger partial charge on any atom is 0.253 e. The van der Waals surface area contributed by atoms with Crippen molar-refractivity contribution in [3.63, 3.8) is 0 Å². The second-order valence-electron chi connectivity index (χ2n) is 8.50. The number of carbonyl (C=O) groups excluding carboxylic acids is 1. The van der Waals surface area contributed by atoms with Gasteiger partial charge in [-0.15, -0.1) is 24.0 Å². The summed E-state index contributed by atoms with van der Waals surface area (Å²) in [7, 11) is 0. The molecular formula is C27H40IN5O. The SMILES string of the molecule is CCNC(=NCc1ccc(C(=O)N(CC)CC)cc1)NCC1CCCN1Cc1ccccc1.I. The molecule has 0 bridgehead atoms. The lowest BCUT2D eigenvalue weighted by Crippen LogP contribution is -2.44. The molecule has 3 rings (SSSR count). The van der Waals surface area contributed by atoms with E-state index in [9.17, 15) is 4.79 Å². The lowest BCUT2D eigenvalue weighted by molar-refractivity contribution is 0.0773. The largest absolute Gasteiger partial charge is 0.357 e. The van der Waals surface area contributed by atoms with E-state index < -0.39 is 0 Å². The number of carbonyl (C=O) groups is 1. The molecule has 2 aromatic carbocycles. The highest BCUT2D eigenvalue weighted by Gasteiger charge is 2.24. The molecule has 0 radical (unpaired) electrons. The van der Waals surface area contributed by atoms with E-state index >= 15 is 0 Å². The number of guanidine groups is 1. The van der Waals surface area contributed by atoms with Gasteiger partial charge in [0.2, 0.25) is 0 Å². The molecule has 2 N–H and O–H groups in total. The summed E-state index contributed by atoms with van der Waals surface area (Å²) in [5, 5.41) is 6.91. The third kappa shape index (κ3) is 8.27. The Kier molecular flexibility index (Phi) is 12.4. The van der Waals surface area contributed by atoms with Crippen LogP contribution in [0.25, 0.3) is 0 Å². The van der Waals surface area contributed by atoms with Crippen molar-refractivity contribution in [2.24, 2.45) is 4.99 Å². The van der Waals surface area contributed by atoms with Gasteiger partial charge in [0.25, 0.3) is 5.91 Å². The van der Waals surface area contributed by atoms with Crippen LogP contribution in [0.1, 0.15) is 55.1 Å². The fourth-order valence-corrected chi connectivity index (χ4v) is 4.33. The van der Waals surface area contributed by atoms with E-state index in [1.807, 2.05) is 43.0 Å². The maximum atomic E-state index is 12.5. The van der Waals surface area contributed by atoms with E-state index in [0.717, 1.165) is 56.4 Å². The fraction of sp³-hybridized carbons (Fsp3) is 0.481. The molecule has 1 aliphatic rings. The highest BCUT2D eigenvalue weighted by atomic mass is 127. The third-order valence-electron chi connectivity index (χ3n) is 6.25. The zero-order chi connectivity index (χ0) is 23.5. The normalized spacial score (nSPS) is 16.1. The number of likely N-dealkylation sites (tertiary alicyclic amines) is 1. The van der Waals surface area contributed by atoms with E-state index in [0.29, 0.717) is 12.6 Å². The molecular weight excluding hydrogens is 537 g/mol. The first-order valence-corrected chi connectivity index (χ1v) is 12.3. The van der Waals surface area contributed by atoms with Crippen molar-refractivity contribution in [1.82, 2.24) is 20.4 Å². The van der Waals surface area contributed by atoms with Crippen LogP contribution in [-0.2, 0) is 13.1 Å². The molecule has 1 saturated heterocycles. The molecule has 0 aromatic heterocycles. The number of nitrogens with one attached hydrogen (secondary N) is 2. The monoisotopic (exact) mass is 577 g/mol. The summed E-state index contributed by atoms with van der Waals surface area (Å²) in [5.74, 6) is 0.925. The van der Waals surface area contributed by atoms with Gasteiger partial charge in [-0.1, -0.05) is 42.5 Å². The van der Waals surface area contributed by atoms with Gasteiger partial charge in [-0.25, -0.2) is 4.99 Å². The van der Waals surface area contributed by atoms with Crippen molar-refractivity contribution < 1.29 is 4.79 Å². The van der Waals surface area contributed by atoms with E-state index in [-0.39, 0.29) is 29.9 Å². The van der Waals surface area contributed by atoms with Crippen LogP contribution in [0.15, 0.2) is 59.6 Å². The topological polar surface area (TPSA) is 60.0 Å². The lowest BCUT2D eigenvalue weighted by atomic mass is 10.1. The molecule has 0 spiro atoms. The molecule has 1 unspecified atom stereocenters. The van der Waals surface area contributed by atoms with E-state index in [1.165, 1.54) is 18.4 Å². The summed E-state index contributed by atoms with van der Waals surface area (Å²) in [5.41, 5.74) is 3.19. The minimum absolute atomic E-state index is 0. The number of halogens is 1. The van der Waals surface area contributed by atoms with E-state index in [4.69, 9.17) is 4.99 Å². The molecule has 34 heavy (non-hydrogen) atoms. The van der Waals surface area contributed by atoms with Gasteiger partial charge in [0, 0.05) is 44.3 Å². The molecule has 1 aliphatic heterocycles. The molecule has 1 fully saturated rings.